The predicted octanol–water partition coefficient (Wildman–Crippen LogP) is 4.44. The number of nitrogens with one attached hydrogen (secondary N) is 1. The average molecular weight is 556 g/mol. The second-order valence-corrected chi connectivity index (χ2v) is 11.3. The third-order valence-corrected chi connectivity index (χ3v) is 7.74. The van der Waals surface area contributed by atoms with E-state index in [0.29, 0.717) is 29.2 Å². The number of likely N-dealkylation sites (N-methyl/N-ethyl adjacent to an activating group) is 1. The number of sulfonamides is 1. The molecule has 0 bridgehead atoms. The highest BCUT2D eigenvalue weighted by molar-refractivity contribution is 7.92. The van der Waals surface area contributed by atoms with E-state index in [1.54, 1.807) is 30.3 Å². The maximum atomic E-state index is 14.0. The number of para-hydroxylation sites is 1. The van der Waals surface area contributed by atoms with Gasteiger partial charge in [0.2, 0.25) is 21.8 Å². The molecule has 0 aromatic heterocycles. The van der Waals surface area contributed by atoms with Gasteiger partial charge in [0.15, 0.2) is 0 Å². The fraction of sp³-hybridized carbons (Fsp3) is 0.310. The zero-order valence-corrected chi connectivity index (χ0v) is 23.5. The average Bonchev–Trinajstić information content (AvgIpc) is 2.90. The van der Waals surface area contributed by atoms with E-state index >= 15 is 0 Å². The molecular weight excluding hydrogens is 522 g/mol. The number of benzene rings is 3. The number of amides is 2. The van der Waals surface area contributed by atoms with E-state index in [1.807, 2.05) is 62.4 Å². The van der Waals surface area contributed by atoms with E-state index in [2.05, 4.69) is 5.32 Å². The van der Waals surface area contributed by atoms with Gasteiger partial charge in [0, 0.05) is 24.5 Å². The number of hydrogen-bond acceptors (Lipinski definition) is 4. The molecule has 1 atom stereocenters. The highest BCUT2D eigenvalue weighted by Gasteiger charge is 2.33. The van der Waals surface area contributed by atoms with Crippen LogP contribution in [0, 0.1) is 0 Å². The van der Waals surface area contributed by atoms with Crippen LogP contribution >= 0.6 is 11.6 Å². The second kappa shape index (κ2) is 13.4. The molecule has 202 valence electrons. The van der Waals surface area contributed by atoms with E-state index in [0.717, 1.165) is 21.7 Å². The Bertz CT molecular complexity index is 1350. The van der Waals surface area contributed by atoms with E-state index in [4.69, 9.17) is 11.6 Å². The smallest absolute Gasteiger partial charge is 0.244 e. The summed E-state index contributed by atoms with van der Waals surface area (Å²) in [6.07, 6.45) is 1.93. The van der Waals surface area contributed by atoms with E-state index in [-0.39, 0.29) is 18.9 Å². The minimum atomic E-state index is -3.82. The zero-order chi connectivity index (χ0) is 27.7. The van der Waals surface area contributed by atoms with Crippen LogP contribution in [0.1, 0.15) is 30.5 Å². The molecule has 1 unspecified atom stereocenters. The van der Waals surface area contributed by atoms with E-state index in [9.17, 15) is 18.0 Å². The lowest BCUT2D eigenvalue weighted by molar-refractivity contribution is -0.140. The van der Waals surface area contributed by atoms with Gasteiger partial charge in [-0.2, -0.15) is 0 Å². The van der Waals surface area contributed by atoms with Crippen LogP contribution in [0.2, 0.25) is 5.02 Å². The Kier molecular flexibility index (Phi) is 10.3. The minimum absolute atomic E-state index is 0.0418. The summed E-state index contributed by atoms with van der Waals surface area (Å²) in [5, 5.41) is 3.29. The lowest BCUT2D eigenvalue weighted by Crippen LogP contribution is -2.53. The molecule has 0 radical (unpaired) electrons. The maximum absolute atomic E-state index is 14.0. The molecule has 9 heteroatoms. The summed E-state index contributed by atoms with van der Waals surface area (Å²) in [7, 11) is -3.82. The Hall–Kier alpha value is -3.36. The number of carbonyl (C=O) groups is 2. The van der Waals surface area contributed by atoms with Crippen molar-refractivity contribution >= 4 is 39.1 Å². The van der Waals surface area contributed by atoms with Gasteiger partial charge >= 0.3 is 0 Å². The largest absolute Gasteiger partial charge is 0.355 e. The summed E-state index contributed by atoms with van der Waals surface area (Å²) in [4.78, 5) is 28.8. The molecule has 0 heterocycles. The van der Waals surface area contributed by atoms with Gasteiger partial charge < -0.3 is 10.2 Å². The number of hydrogen-bond donors (Lipinski definition) is 1. The van der Waals surface area contributed by atoms with Crippen molar-refractivity contribution in [2.24, 2.45) is 0 Å². The summed E-state index contributed by atoms with van der Waals surface area (Å²) in [5.41, 5.74) is 2.77. The third-order valence-electron chi connectivity index (χ3n) is 6.24. The molecule has 3 aromatic carbocycles. The van der Waals surface area contributed by atoms with Gasteiger partial charge in [0.1, 0.15) is 12.6 Å². The standard InChI is InChI=1S/C29H34ClN3O4S/c1-4-23-15-10-12-18-26(23)33(38(3,36)37)21-28(34)32(20-24-16-9-11-17-25(24)30)27(29(35)31-5-2)19-22-13-7-6-8-14-22/h6-18,27H,4-5,19-21H2,1-3H3,(H,31,35). The minimum Gasteiger partial charge on any atom is -0.355 e. The van der Waals surface area contributed by atoms with Crippen molar-refractivity contribution < 1.29 is 18.0 Å². The number of carbonyl (C=O) groups excluding carboxylic acids is 2. The van der Waals surface area contributed by atoms with Gasteiger partial charge in [-0.05, 0) is 42.2 Å². The van der Waals surface area contributed by atoms with Crippen LogP contribution in [0.5, 0.6) is 0 Å². The molecule has 38 heavy (non-hydrogen) atoms. The molecule has 3 aromatic rings. The monoisotopic (exact) mass is 555 g/mol. The van der Waals surface area contributed by atoms with Gasteiger partial charge in [0.05, 0.1) is 11.9 Å². The Morgan fingerprint density at radius 3 is 2.11 bits per heavy atom. The molecule has 0 aliphatic carbocycles. The van der Waals surface area contributed by atoms with E-state index in [1.165, 1.54) is 4.90 Å². The van der Waals surface area contributed by atoms with Crippen LogP contribution in [-0.2, 0) is 39.0 Å². The van der Waals surface area contributed by atoms with Crippen LogP contribution in [0.25, 0.3) is 0 Å². The third kappa shape index (κ3) is 7.58. The number of anilines is 1. The van der Waals surface area contributed by atoms with Crippen molar-refractivity contribution in [2.75, 3.05) is 23.7 Å². The Morgan fingerprint density at radius 2 is 1.50 bits per heavy atom. The Morgan fingerprint density at radius 1 is 0.895 bits per heavy atom. The van der Waals surface area contributed by atoms with Crippen molar-refractivity contribution in [3.63, 3.8) is 0 Å². The molecule has 0 fully saturated rings. The number of halogens is 1. The van der Waals surface area contributed by atoms with Crippen molar-refractivity contribution in [2.45, 2.75) is 39.3 Å². The lowest BCUT2D eigenvalue weighted by Gasteiger charge is -2.34. The van der Waals surface area contributed by atoms with Crippen molar-refractivity contribution in [1.82, 2.24) is 10.2 Å². The quantitative estimate of drug-likeness (QED) is 0.358. The van der Waals surface area contributed by atoms with Crippen LogP contribution in [0.3, 0.4) is 0 Å². The summed E-state index contributed by atoms with van der Waals surface area (Å²) < 4.78 is 27.0. The first-order valence-corrected chi connectivity index (χ1v) is 14.8. The zero-order valence-electron chi connectivity index (χ0n) is 21.9. The summed E-state index contributed by atoms with van der Waals surface area (Å²) in [6, 6.07) is 22.7. The molecule has 0 spiro atoms. The highest BCUT2D eigenvalue weighted by Crippen LogP contribution is 2.25. The summed E-state index contributed by atoms with van der Waals surface area (Å²) >= 11 is 6.45. The van der Waals surface area contributed by atoms with E-state index < -0.39 is 28.5 Å². The number of aryl methyl sites for hydroxylation is 1. The first-order chi connectivity index (χ1) is 18.2. The first-order valence-electron chi connectivity index (χ1n) is 12.6. The maximum Gasteiger partial charge on any atom is 0.244 e. The van der Waals surface area contributed by atoms with Gasteiger partial charge in [-0.15, -0.1) is 0 Å². The molecule has 0 aliphatic heterocycles. The topological polar surface area (TPSA) is 86.8 Å². The summed E-state index contributed by atoms with van der Waals surface area (Å²) in [6.45, 7) is 3.71. The number of rotatable bonds is 12. The fourth-order valence-corrected chi connectivity index (χ4v) is 5.38. The Labute approximate surface area is 230 Å². The molecular formula is C29H34ClN3O4S. The van der Waals surface area contributed by atoms with Crippen LogP contribution < -0.4 is 9.62 Å². The molecule has 0 saturated heterocycles. The first kappa shape index (κ1) is 29.2. The molecule has 2 amide bonds. The van der Waals surface area contributed by atoms with Crippen molar-refractivity contribution in [3.8, 4) is 0 Å². The SMILES string of the molecule is CCNC(=O)C(Cc1ccccc1)N(Cc1ccccc1Cl)C(=O)CN(c1ccccc1CC)S(C)(=O)=O. The van der Waals surface area contributed by atoms with Gasteiger partial charge in [-0.1, -0.05) is 85.3 Å². The number of nitrogens with zero attached hydrogens (tertiary/aromatic N) is 2. The molecule has 3 rings (SSSR count). The predicted molar refractivity (Wildman–Crippen MR) is 153 cm³/mol. The van der Waals surface area contributed by atoms with Crippen molar-refractivity contribution in [3.05, 3.63) is 101 Å². The van der Waals surface area contributed by atoms with Crippen molar-refractivity contribution in [1.29, 1.82) is 0 Å². The summed E-state index contributed by atoms with van der Waals surface area (Å²) in [5.74, 6) is -0.829. The molecule has 7 nitrogen and oxygen atoms in total. The molecule has 1 N–H and O–H groups in total. The van der Waals surface area contributed by atoms with Gasteiger partial charge in [0.25, 0.3) is 0 Å². The van der Waals surface area contributed by atoms with Crippen LogP contribution in [0.15, 0.2) is 78.9 Å². The fourth-order valence-electron chi connectivity index (χ4n) is 4.30. The van der Waals surface area contributed by atoms with Gasteiger partial charge in [-0.25, -0.2) is 8.42 Å². The van der Waals surface area contributed by atoms with Crippen LogP contribution in [0.4, 0.5) is 5.69 Å². The lowest BCUT2D eigenvalue weighted by atomic mass is 10.0. The van der Waals surface area contributed by atoms with Crippen LogP contribution in [-0.4, -0.2) is 50.5 Å². The second-order valence-electron chi connectivity index (χ2n) is 8.97. The highest BCUT2D eigenvalue weighted by atomic mass is 35.5. The normalized spacial score (nSPS) is 12.0. The Balaban J connectivity index is 2.07. The molecule has 0 saturated carbocycles. The van der Waals surface area contributed by atoms with Gasteiger partial charge in [-0.3, -0.25) is 13.9 Å². The molecule has 0 aliphatic rings.